The molecular weight excluding hydrogens is 370 g/mol. The van der Waals surface area contributed by atoms with Crippen molar-refractivity contribution in [2.24, 2.45) is 0 Å². The number of hydrogen-bond donors (Lipinski definition) is 1. The Morgan fingerprint density at radius 1 is 1.07 bits per heavy atom. The van der Waals surface area contributed by atoms with Gasteiger partial charge in [0.25, 0.3) is 0 Å². The zero-order chi connectivity index (χ0) is 20.0. The van der Waals surface area contributed by atoms with Crippen molar-refractivity contribution in [3.63, 3.8) is 0 Å². The average molecular weight is 394 g/mol. The largest absolute Gasteiger partial charge is 0.358 e. The Bertz CT molecular complexity index is 1060. The van der Waals surface area contributed by atoms with Gasteiger partial charge in [-0.2, -0.15) is 0 Å². The maximum atomic E-state index is 13.9. The van der Waals surface area contributed by atoms with Gasteiger partial charge in [0.2, 0.25) is 0 Å². The fourth-order valence-corrected chi connectivity index (χ4v) is 5.22. The molecule has 1 fully saturated rings. The van der Waals surface area contributed by atoms with Crippen LogP contribution in [-0.2, 0) is 6.42 Å². The van der Waals surface area contributed by atoms with Gasteiger partial charge in [-0.25, -0.2) is 8.78 Å². The number of hydrogen-bond acceptors (Lipinski definition) is 2. The molecule has 3 aromatic rings. The highest BCUT2D eigenvalue weighted by molar-refractivity contribution is 5.96. The number of nitrogens with one attached hydrogen (secondary N) is 1. The third kappa shape index (κ3) is 3.38. The predicted molar refractivity (Wildman–Crippen MR) is 109 cm³/mol. The lowest BCUT2D eigenvalue weighted by Crippen LogP contribution is -2.47. The van der Waals surface area contributed by atoms with Gasteiger partial charge >= 0.3 is 0 Å². The van der Waals surface area contributed by atoms with Crippen LogP contribution in [-0.4, -0.2) is 28.3 Å². The van der Waals surface area contributed by atoms with Crippen LogP contribution < -0.4 is 0 Å². The van der Waals surface area contributed by atoms with Crippen molar-refractivity contribution in [3.8, 4) is 0 Å². The maximum absolute atomic E-state index is 13.9. The number of carbonyl (C=O) groups is 1. The number of ketones is 1. The van der Waals surface area contributed by atoms with E-state index in [0.717, 1.165) is 43.1 Å². The van der Waals surface area contributed by atoms with E-state index in [4.69, 9.17) is 0 Å². The van der Waals surface area contributed by atoms with Gasteiger partial charge in [0.15, 0.2) is 5.78 Å². The first-order chi connectivity index (χ1) is 14.1. The van der Waals surface area contributed by atoms with Gasteiger partial charge in [0, 0.05) is 47.1 Å². The Labute approximate surface area is 168 Å². The van der Waals surface area contributed by atoms with Gasteiger partial charge in [-0.05, 0) is 80.3 Å². The van der Waals surface area contributed by atoms with E-state index in [2.05, 4.69) is 9.88 Å². The minimum atomic E-state index is -0.325. The Morgan fingerprint density at radius 3 is 2.69 bits per heavy atom. The highest BCUT2D eigenvalue weighted by Crippen LogP contribution is 2.45. The normalized spacial score (nSPS) is 21.3. The van der Waals surface area contributed by atoms with Crippen LogP contribution in [0.4, 0.5) is 8.78 Å². The minimum Gasteiger partial charge on any atom is -0.358 e. The van der Waals surface area contributed by atoms with Crippen molar-refractivity contribution in [1.82, 2.24) is 9.88 Å². The standard InChI is InChI=1S/C24H24F2N2O/c25-16-8-6-15(7-9-16)23(29)5-2-12-28-18-3-1-4-22(28)24-19-13-17(26)10-11-20(19)27-21(24)14-18/h6-11,13,18,22,27H,1-5,12,14H2. The molecule has 2 aliphatic rings. The van der Waals surface area contributed by atoms with E-state index in [-0.39, 0.29) is 23.5 Å². The van der Waals surface area contributed by atoms with Gasteiger partial charge in [-0.1, -0.05) is 0 Å². The lowest BCUT2D eigenvalue weighted by atomic mass is 9.82. The highest BCUT2D eigenvalue weighted by Gasteiger charge is 2.38. The molecule has 0 amide bonds. The molecule has 3 heterocycles. The zero-order valence-electron chi connectivity index (χ0n) is 16.3. The van der Waals surface area contributed by atoms with Crippen LogP contribution in [0.1, 0.15) is 59.8 Å². The number of carbonyl (C=O) groups excluding carboxylic acids is 1. The van der Waals surface area contributed by atoms with Gasteiger partial charge in [0.05, 0.1) is 0 Å². The number of halogens is 2. The number of aromatic amines is 1. The molecule has 2 aromatic carbocycles. The highest BCUT2D eigenvalue weighted by atomic mass is 19.1. The third-order valence-corrected chi connectivity index (χ3v) is 6.53. The molecule has 1 N–H and O–H groups in total. The monoisotopic (exact) mass is 394 g/mol. The molecule has 150 valence electrons. The topological polar surface area (TPSA) is 36.1 Å². The summed E-state index contributed by atoms with van der Waals surface area (Å²) in [6.45, 7) is 0.851. The molecule has 2 unspecified atom stereocenters. The Morgan fingerprint density at radius 2 is 1.86 bits per heavy atom. The van der Waals surface area contributed by atoms with Gasteiger partial charge in [-0.15, -0.1) is 0 Å². The number of fused-ring (bicyclic) bond motifs is 6. The van der Waals surface area contributed by atoms with Crippen LogP contribution in [0.25, 0.3) is 10.9 Å². The van der Waals surface area contributed by atoms with E-state index in [9.17, 15) is 13.6 Å². The summed E-state index contributed by atoms with van der Waals surface area (Å²) < 4.78 is 27.0. The second kappa shape index (κ2) is 7.38. The molecule has 5 rings (SSSR count). The van der Waals surface area contributed by atoms with Crippen LogP contribution in [0.3, 0.4) is 0 Å². The average Bonchev–Trinajstić information content (AvgIpc) is 3.05. The zero-order valence-corrected chi connectivity index (χ0v) is 16.3. The molecule has 0 radical (unpaired) electrons. The van der Waals surface area contributed by atoms with Crippen molar-refractivity contribution in [2.75, 3.05) is 6.54 Å². The first-order valence-corrected chi connectivity index (χ1v) is 10.4. The van der Waals surface area contributed by atoms with Crippen molar-refractivity contribution in [2.45, 2.75) is 50.6 Å². The number of rotatable bonds is 5. The van der Waals surface area contributed by atoms with Gasteiger partial charge < -0.3 is 4.98 Å². The first-order valence-electron chi connectivity index (χ1n) is 10.4. The number of H-pyrrole nitrogens is 1. The second-order valence-corrected chi connectivity index (χ2v) is 8.28. The number of piperidine rings is 1. The summed E-state index contributed by atoms with van der Waals surface area (Å²) >= 11 is 0. The summed E-state index contributed by atoms with van der Waals surface area (Å²) in [7, 11) is 0. The molecular formula is C24H24F2N2O. The fraction of sp³-hybridized carbons (Fsp3) is 0.375. The minimum absolute atomic E-state index is 0.0574. The molecule has 5 heteroatoms. The van der Waals surface area contributed by atoms with Gasteiger partial charge in [0.1, 0.15) is 11.6 Å². The van der Waals surface area contributed by atoms with E-state index in [1.54, 1.807) is 18.2 Å². The molecule has 0 saturated carbocycles. The summed E-state index contributed by atoms with van der Waals surface area (Å²) in [5.74, 6) is -0.468. The quantitative estimate of drug-likeness (QED) is 0.575. The Balaban J connectivity index is 1.33. The first kappa shape index (κ1) is 18.5. The van der Waals surface area contributed by atoms with Crippen molar-refractivity contribution >= 4 is 16.7 Å². The van der Waals surface area contributed by atoms with Crippen molar-refractivity contribution < 1.29 is 13.6 Å². The molecule has 3 nitrogen and oxygen atoms in total. The van der Waals surface area contributed by atoms with E-state index >= 15 is 0 Å². The molecule has 0 spiro atoms. The van der Waals surface area contributed by atoms with E-state index < -0.39 is 0 Å². The van der Waals surface area contributed by atoms with E-state index in [1.807, 2.05) is 6.07 Å². The van der Waals surface area contributed by atoms with Crippen LogP contribution in [0.2, 0.25) is 0 Å². The van der Waals surface area contributed by atoms with Crippen molar-refractivity contribution in [1.29, 1.82) is 0 Å². The molecule has 1 aromatic heterocycles. The number of benzene rings is 2. The lowest BCUT2D eigenvalue weighted by Gasteiger charge is -2.46. The molecule has 29 heavy (non-hydrogen) atoms. The molecule has 0 aliphatic carbocycles. The van der Waals surface area contributed by atoms with E-state index in [1.165, 1.54) is 35.9 Å². The second-order valence-electron chi connectivity index (χ2n) is 8.28. The lowest BCUT2D eigenvalue weighted by molar-refractivity contribution is 0.0660. The molecule has 2 bridgehead atoms. The molecule has 2 aliphatic heterocycles. The predicted octanol–water partition coefficient (Wildman–Crippen LogP) is 5.56. The maximum Gasteiger partial charge on any atom is 0.162 e. The Kier molecular flexibility index (Phi) is 4.70. The van der Waals surface area contributed by atoms with Crippen LogP contribution in [0.5, 0.6) is 0 Å². The van der Waals surface area contributed by atoms with Crippen LogP contribution in [0.15, 0.2) is 42.5 Å². The fourth-order valence-electron chi connectivity index (χ4n) is 5.22. The third-order valence-electron chi connectivity index (χ3n) is 6.53. The summed E-state index contributed by atoms with van der Waals surface area (Å²) in [5.41, 5.74) is 4.08. The number of aromatic nitrogens is 1. The smallest absolute Gasteiger partial charge is 0.162 e. The SMILES string of the molecule is O=C(CCCN1C2CCCC1c1c([nH]c3ccc(F)cc13)C2)c1ccc(F)cc1. The van der Waals surface area contributed by atoms with Crippen LogP contribution >= 0.6 is 0 Å². The van der Waals surface area contributed by atoms with Gasteiger partial charge in [-0.3, -0.25) is 9.69 Å². The van der Waals surface area contributed by atoms with Crippen molar-refractivity contribution in [3.05, 3.63) is 70.9 Å². The summed E-state index contributed by atoms with van der Waals surface area (Å²) in [5, 5.41) is 0.998. The summed E-state index contributed by atoms with van der Waals surface area (Å²) in [6.07, 6.45) is 5.59. The van der Waals surface area contributed by atoms with Crippen LogP contribution in [0, 0.1) is 11.6 Å². The van der Waals surface area contributed by atoms with E-state index in [0.29, 0.717) is 18.0 Å². The number of nitrogens with zero attached hydrogens (tertiary/aromatic N) is 1. The summed E-state index contributed by atoms with van der Waals surface area (Å²) in [6, 6.07) is 11.5. The molecule has 2 atom stereocenters. The summed E-state index contributed by atoms with van der Waals surface area (Å²) in [4.78, 5) is 18.5. The number of Topliss-reactive ketones (excluding diaryl/α,β-unsaturated/α-hetero) is 1. The Hall–Kier alpha value is -2.53. The molecule has 1 saturated heterocycles.